The molecule has 1 saturated heterocycles. The van der Waals surface area contributed by atoms with Crippen molar-refractivity contribution >= 4 is 0 Å². The highest BCUT2D eigenvalue weighted by molar-refractivity contribution is 5.46. The Labute approximate surface area is 89.7 Å². The van der Waals surface area contributed by atoms with Crippen LogP contribution in [0.4, 0.5) is 0 Å². The van der Waals surface area contributed by atoms with E-state index in [9.17, 15) is 5.11 Å². The van der Waals surface area contributed by atoms with Gasteiger partial charge in [-0.2, -0.15) is 0 Å². The molecule has 2 heterocycles. The quantitative estimate of drug-likeness (QED) is 0.732. The van der Waals surface area contributed by atoms with Gasteiger partial charge >= 0.3 is 0 Å². The van der Waals surface area contributed by atoms with Gasteiger partial charge in [0, 0.05) is 6.20 Å². The molecule has 2 aliphatic rings. The number of pyridine rings is 1. The van der Waals surface area contributed by atoms with Crippen LogP contribution >= 0.6 is 0 Å². The number of aromatic nitrogens is 1. The molecule has 0 spiro atoms. The van der Waals surface area contributed by atoms with Crippen molar-refractivity contribution in [1.29, 1.82) is 0 Å². The highest BCUT2D eigenvalue weighted by Crippen LogP contribution is 2.44. The fourth-order valence-electron chi connectivity index (χ4n) is 2.55. The zero-order valence-electron chi connectivity index (χ0n) is 8.72. The van der Waals surface area contributed by atoms with Gasteiger partial charge in [-0.1, -0.05) is 6.07 Å². The molecule has 1 aromatic rings. The van der Waals surface area contributed by atoms with Crippen LogP contribution in [-0.2, 0) is 5.11 Å². The Hall–Kier alpha value is -0.930. The summed E-state index contributed by atoms with van der Waals surface area (Å²) in [4.78, 5) is 6.83. The van der Waals surface area contributed by atoms with Crippen molar-refractivity contribution in [3.05, 3.63) is 29.6 Å². The molecule has 1 aliphatic carbocycles. The van der Waals surface area contributed by atoms with Gasteiger partial charge in [0.25, 0.3) is 0 Å². The second kappa shape index (κ2) is 3.58. The number of likely N-dealkylation sites (tertiary alicyclic amines) is 1. The van der Waals surface area contributed by atoms with E-state index in [1.165, 1.54) is 11.3 Å². The molecule has 1 unspecified atom stereocenters. The van der Waals surface area contributed by atoms with E-state index < -0.39 is 0 Å². The maximum Gasteiger partial charge on any atom is 0.0851 e. The summed E-state index contributed by atoms with van der Waals surface area (Å²) in [6.45, 7) is 2.23. The molecule has 79 valence electrons. The molecule has 1 fully saturated rings. The largest absolute Gasteiger partial charge is 0.291 e. The Balaban J connectivity index is 1.64. The van der Waals surface area contributed by atoms with Gasteiger partial charge in [-0.25, -0.2) is 5.11 Å². The third-order valence-electron chi connectivity index (χ3n) is 3.59. The Kier molecular flexibility index (Phi) is 2.22. The normalized spacial score (nSPS) is 26.3. The van der Waals surface area contributed by atoms with Gasteiger partial charge < -0.3 is 0 Å². The van der Waals surface area contributed by atoms with Crippen molar-refractivity contribution in [3.63, 3.8) is 0 Å². The van der Waals surface area contributed by atoms with Crippen molar-refractivity contribution < 1.29 is 5.11 Å². The molecule has 0 saturated carbocycles. The Bertz CT molecular complexity index is 335. The number of rotatable bonds is 2. The Morgan fingerprint density at radius 3 is 2.80 bits per heavy atom. The summed E-state index contributed by atoms with van der Waals surface area (Å²) in [5.41, 5.74) is 2.64. The number of piperidine rings is 1. The maximum absolute atomic E-state index is 10.8. The predicted octanol–water partition coefficient (Wildman–Crippen LogP) is 1.63. The van der Waals surface area contributed by atoms with Crippen molar-refractivity contribution in [2.24, 2.45) is 5.92 Å². The predicted molar refractivity (Wildman–Crippen MR) is 55.9 cm³/mol. The number of hydrogen-bond donors (Lipinski definition) is 0. The number of nitrogens with zero attached hydrogens (tertiary/aromatic N) is 2. The van der Waals surface area contributed by atoms with E-state index in [1.54, 1.807) is 0 Å². The van der Waals surface area contributed by atoms with Gasteiger partial charge in [-0.3, -0.25) is 9.88 Å². The van der Waals surface area contributed by atoms with Crippen molar-refractivity contribution in [3.8, 4) is 0 Å². The zero-order valence-corrected chi connectivity index (χ0v) is 8.72. The summed E-state index contributed by atoms with van der Waals surface area (Å²) >= 11 is 0. The molecule has 0 N–H and O–H groups in total. The van der Waals surface area contributed by atoms with E-state index in [2.05, 4.69) is 16.0 Å². The van der Waals surface area contributed by atoms with Crippen LogP contribution in [0.1, 0.15) is 30.1 Å². The molecule has 1 radical (unpaired) electrons. The number of hydrogen-bond acceptors (Lipinski definition) is 2. The summed E-state index contributed by atoms with van der Waals surface area (Å²) in [7, 11) is 0. The van der Waals surface area contributed by atoms with Crippen LogP contribution in [0, 0.1) is 5.92 Å². The average Bonchev–Trinajstić information content (AvgIpc) is 3.03. The minimum atomic E-state index is 0.101. The molecule has 1 atom stereocenters. The molecule has 3 rings (SSSR count). The van der Waals surface area contributed by atoms with Crippen LogP contribution in [0.3, 0.4) is 0 Å². The highest BCUT2D eigenvalue weighted by Gasteiger charge is 2.40. The minimum Gasteiger partial charge on any atom is -0.291 e. The molecule has 0 bridgehead atoms. The summed E-state index contributed by atoms with van der Waals surface area (Å²) < 4.78 is 0. The maximum atomic E-state index is 10.8. The van der Waals surface area contributed by atoms with E-state index in [0.29, 0.717) is 12.0 Å². The first-order valence-corrected chi connectivity index (χ1v) is 5.67. The van der Waals surface area contributed by atoms with E-state index >= 15 is 0 Å². The summed E-state index contributed by atoms with van der Waals surface area (Å²) in [5, 5.41) is 10.8. The van der Waals surface area contributed by atoms with Crippen LogP contribution in [-0.4, -0.2) is 29.6 Å². The van der Waals surface area contributed by atoms with E-state index in [1.807, 2.05) is 12.3 Å². The zero-order chi connectivity index (χ0) is 10.3. The Morgan fingerprint density at radius 2 is 2.20 bits per heavy atom. The SMILES string of the molecule is [O]CC1CCN(C2c3cccnc32)CC1. The van der Waals surface area contributed by atoms with Gasteiger partial charge in [0.1, 0.15) is 0 Å². The topological polar surface area (TPSA) is 36.0 Å². The monoisotopic (exact) mass is 203 g/mol. The van der Waals surface area contributed by atoms with Crippen molar-refractivity contribution in [2.75, 3.05) is 19.7 Å². The lowest BCUT2D eigenvalue weighted by molar-refractivity contribution is 0.0866. The lowest BCUT2D eigenvalue weighted by Crippen LogP contribution is -2.33. The lowest BCUT2D eigenvalue weighted by Gasteiger charge is -2.30. The Morgan fingerprint density at radius 1 is 1.40 bits per heavy atom. The second-order valence-electron chi connectivity index (χ2n) is 4.53. The molecule has 1 aromatic heterocycles. The van der Waals surface area contributed by atoms with Crippen LogP contribution in [0.15, 0.2) is 18.3 Å². The lowest BCUT2D eigenvalue weighted by atomic mass is 9.98. The molecule has 3 nitrogen and oxygen atoms in total. The highest BCUT2D eigenvalue weighted by atomic mass is 16.3. The smallest absolute Gasteiger partial charge is 0.0851 e. The fraction of sp³-hybridized carbons (Fsp3) is 0.583. The first-order chi connectivity index (χ1) is 7.40. The summed E-state index contributed by atoms with van der Waals surface area (Å²) in [6.07, 6.45) is 3.99. The molecular weight excluding hydrogens is 188 g/mol. The molecule has 1 aliphatic heterocycles. The van der Waals surface area contributed by atoms with E-state index in [-0.39, 0.29) is 6.61 Å². The summed E-state index contributed by atoms with van der Waals surface area (Å²) in [6, 6.07) is 4.64. The molecule has 0 aromatic carbocycles. The van der Waals surface area contributed by atoms with Gasteiger partial charge in [0.15, 0.2) is 0 Å². The third kappa shape index (κ3) is 1.56. The van der Waals surface area contributed by atoms with Crippen LogP contribution in [0.5, 0.6) is 0 Å². The van der Waals surface area contributed by atoms with Gasteiger partial charge in [-0.15, -0.1) is 0 Å². The molecule has 3 heteroatoms. The number of fused-ring (bicyclic) bond motifs is 1. The van der Waals surface area contributed by atoms with Crippen molar-refractivity contribution in [1.82, 2.24) is 9.88 Å². The van der Waals surface area contributed by atoms with Gasteiger partial charge in [0.2, 0.25) is 0 Å². The standard InChI is InChI=1S/C12H15N2O/c15-8-9-3-6-14(7-4-9)12-10-2-1-5-13-11(10)12/h1-2,5,9,12H,3-4,6-8H2. The van der Waals surface area contributed by atoms with Crippen molar-refractivity contribution in [2.45, 2.75) is 18.9 Å². The van der Waals surface area contributed by atoms with Crippen LogP contribution in [0.2, 0.25) is 0 Å². The molecular formula is C12H15N2O. The van der Waals surface area contributed by atoms with E-state index in [4.69, 9.17) is 0 Å². The molecule has 0 amide bonds. The molecule has 15 heavy (non-hydrogen) atoms. The van der Waals surface area contributed by atoms with Crippen LogP contribution in [0.25, 0.3) is 0 Å². The third-order valence-corrected chi connectivity index (χ3v) is 3.59. The van der Waals surface area contributed by atoms with Gasteiger partial charge in [0.05, 0.1) is 18.3 Å². The van der Waals surface area contributed by atoms with E-state index in [0.717, 1.165) is 25.9 Å². The average molecular weight is 203 g/mol. The fourth-order valence-corrected chi connectivity index (χ4v) is 2.55. The summed E-state index contributed by atoms with van der Waals surface area (Å²) in [5.74, 6) is 0.413. The minimum absolute atomic E-state index is 0.101. The second-order valence-corrected chi connectivity index (χ2v) is 4.53. The van der Waals surface area contributed by atoms with Crippen LogP contribution < -0.4 is 0 Å². The van der Waals surface area contributed by atoms with Gasteiger partial charge in [-0.05, 0) is 43.5 Å². The first-order valence-electron chi connectivity index (χ1n) is 5.67. The first kappa shape index (κ1) is 9.31.